The van der Waals surface area contributed by atoms with Gasteiger partial charge >= 0.3 is 0 Å². The van der Waals surface area contributed by atoms with E-state index >= 15 is 0 Å². The molecule has 0 aliphatic rings. The number of hydrogen-bond acceptors (Lipinski definition) is 5. The Balaban J connectivity index is 2.09. The quantitative estimate of drug-likeness (QED) is 0.683. The van der Waals surface area contributed by atoms with E-state index in [0.717, 1.165) is 6.42 Å². The minimum atomic E-state index is -0.378. The molecule has 0 aliphatic carbocycles. The first-order valence-corrected chi connectivity index (χ1v) is 8.05. The van der Waals surface area contributed by atoms with Gasteiger partial charge in [-0.2, -0.15) is 0 Å². The maximum atomic E-state index is 12.4. The minimum absolute atomic E-state index is 0.0815. The molecule has 1 aromatic carbocycles. The summed E-state index contributed by atoms with van der Waals surface area (Å²) in [7, 11) is 1.57. The Bertz CT molecular complexity index is 734. The zero-order chi connectivity index (χ0) is 18.1. The lowest BCUT2D eigenvalue weighted by Crippen LogP contribution is -2.37. The second-order valence-corrected chi connectivity index (χ2v) is 5.26. The van der Waals surface area contributed by atoms with Crippen molar-refractivity contribution in [2.24, 2.45) is 0 Å². The number of benzene rings is 1. The number of nitrogens with zero attached hydrogens (tertiary/aromatic N) is 1. The molecule has 0 atom stereocenters. The van der Waals surface area contributed by atoms with Crippen LogP contribution in [0.15, 0.2) is 42.6 Å². The van der Waals surface area contributed by atoms with Gasteiger partial charge < -0.3 is 20.7 Å². The molecule has 1 aromatic heterocycles. The average Bonchev–Trinajstić information content (AvgIpc) is 2.65. The molecule has 2 amide bonds. The molecule has 0 fully saturated rings. The Kier molecular flexibility index (Phi) is 6.76. The standard InChI is InChI=1S/C18H22N4O3/c1-3-10-19-16(23)12-21-18(24)13-7-6-11-20-17(13)22-14-8-4-5-9-15(14)25-2/h4-9,11H,3,10,12H2,1-2H3,(H,19,23)(H,20,22)(H,21,24). The fourth-order valence-electron chi connectivity index (χ4n) is 2.15. The molecule has 0 unspecified atom stereocenters. The highest BCUT2D eigenvalue weighted by Crippen LogP contribution is 2.27. The van der Waals surface area contributed by atoms with Gasteiger partial charge in [-0.15, -0.1) is 0 Å². The van der Waals surface area contributed by atoms with Crippen molar-refractivity contribution in [2.75, 3.05) is 25.5 Å². The van der Waals surface area contributed by atoms with E-state index in [-0.39, 0.29) is 18.4 Å². The summed E-state index contributed by atoms with van der Waals surface area (Å²) in [5, 5.41) is 8.40. The summed E-state index contributed by atoms with van der Waals surface area (Å²) in [5.41, 5.74) is 1.04. The summed E-state index contributed by atoms with van der Waals surface area (Å²) in [6.45, 7) is 2.47. The van der Waals surface area contributed by atoms with Gasteiger partial charge in [-0.3, -0.25) is 9.59 Å². The summed E-state index contributed by atoms with van der Waals surface area (Å²) in [5.74, 6) is 0.424. The lowest BCUT2D eigenvalue weighted by molar-refractivity contribution is -0.120. The Morgan fingerprint density at radius 3 is 2.68 bits per heavy atom. The molecule has 2 aromatic rings. The third-order valence-corrected chi connectivity index (χ3v) is 3.39. The molecule has 1 heterocycles. The number of amides is 2. The van der Waals surface area contributed by atoms with Crippen LogP contribution in [0.3, 0.4) is 0 Å². The molecule has 0 spiro atoms. The molecule has 132 valence electrons. The molecular weight excluding hydrogens is 320 g/mol. The van der Waals surface area contributed by atoms with Crippen LogP contribution in [0.5, 0.6) is 5.75 Å². The van der Waals surface area contributed by atoms with Gasteiger partial charge in [0.1, 0.15) is 11.6 Å². The zero-order valence-corrected chi connectivity index (χ0v) is 14.3. The molecule has 0 saturated heterocycles. The number of rotatable bonds is 8. The predicted molar refractivity (Wildman–Crippen MR) is 96.1 cm³/mol. The molecule has 3 N–H and O–H groups in total. The maximum Gasteiger partial charge on any atom is 0.255 e. The molecule has 7 nitrogen and oxygen atoms in total. The molecule has 0 bridgehead atoms. The van der Waals surface area contributed by atoms with Crippen molar-refractivity contribution in [3.05, 3.63) is 48.2 Å². The normalized spacial score (nSPS) is 10.0. The van der Waals surface area contributed by atoms with Crippen molar-refractivity contribution < 1.29 is 14.3 Å². The van der Waals surface area contributed by atoms with Crippen molar-refractivity contribution in [3.63, 3.8) is 0 Å². The smallest absolute Gasteiger partial charge is 0.255 e. The largest absolute Gasteiger partial charge is 0.495 e. The van der Waals surface area contributed by atoms with Crippen molar-refractivity contribution in [2.45, 2.75) is 13.3 Å². The number of nitrogens with one attached hydrogen (secondary N) is 3. The molecule has 7 heteroatoms. The highest BCUT2D eigenvalue weighted by Gasteiger charge is 2.14. The first-order valence-electron chi connectivity index (χ1n) is 8.05. The van der Waals surface area contributed by atoms with Crippen LogP contribution in [-0.2, 0) is 4.79 Å². The summed E-state index contributed by atoms with van der Waals surface area (Å²) < 4.78 is 5.29. The predicted octanol–water partition coefficient (Wildman–Crippen LogP) is 2.09. The van der Waals surface area contributed by atoms with E-state index < -0.39 is 0 Å². The third-order valence-electron chi connectivity index (χ3n) is 3.39. The fourth-order valence-corrected chi connectivity index (χ4v) is 2.15. The zero-order valence-electron chi connectivity index (χ0n) is 14.3. The molecule has 0 aliphatic heterocycles. The number of ether oxygens (including phenoxy) is 1. The third kappa shape index (κ3) is 5.20. The van der Waals surface area contributed by atoms with Crippen molar-refractivity contribution in [3.8, 4) is 5.75 Å². The number of carbonyl (C=O) groups is 2. The average molecular weight is 342 g/mol. The van der Waals surface area contributed by atoms with Crippen LogP contribution in [0.2, 0.25) is 0 Å². The minimum Gasteiger partial charge on any atom is -0.495 e. The van der Waals surface area contributed by atoms with Crippen LogP contribution in [0.1, 0.15) is 23.7 Å². The van der Waals surface area contributed by atoms with Crippen LogP contribution in [-0.4, -0.2) is 37.0 Å². The number of aromatic nitrogens is 1. The van der Waals surface area contributed by atoms with Gasteiger partial charge in [0.2, 0.25) is 5.91 Å². The topological polar surface area (TPSA) is 92.4 Å². The van der Waals surface area contributed by atoms with Crippen LogP contribution in [0, 0.1) is 0 Å². The lowest BCUT2D eigenvalue weighted by Gasteiger charge is -2.13. The van der Waals surface area contributed by atoms with E-state index in [1.165, 1.54) is 0 Å². The van der Waals surface area contributed by atoms with E-state index in [1.54, 1.807) is 25.4 Å². The number of pyridine rings is 1. The van der Waals surface area contributed by atoms with Gasteiger partial charge in [0, 0.05) is 12.7 Å². The Morgan fingerprint density at radius 1 is 1.12 bits per heavy atom. The number of anilines is 2. The number of methoxy groups -OCH3 is 1. The number of para-hydroxylation sites is 2. The first kappa shape index (κ1) is 18.3. The van der Waals surface area contributed by atoms with Gasteiger partial charge in [0.05, 0.1) is 24.9 Å². The lowest BCUT2D eigenvalue weighted by atomic mass is 10.2. The van der Waals surface area contributed by atoms with E-state index in [9.17, 15) is 9.59 Å². The highest BCUT2D eigenvalue weighted by atomic mass is 16.5. The highest BCUT2D eigenvalue weighted by molar-refractivity contribution is 6.01. The van der Waals surface area contributed by atoms with Crippen LogP contribution in [0.25, 0.3) is 0 Å². The Morgan fingerprint density at radius 2 is 1.92 bits per heavy atom. The van der Waals surface area contributed by atoms with Crippen LogP contribution < -0.4 is 20.7 Å². The summed E-state index contributed by atoms with van der Waals surface area (Å²) in [6, 6.07) is 10.6. The van der Waals surface area contributed by atoms with Gasteiger partial charge in [-0.25, -0.2) is 4.98 Å². The fraction of sp³-hybridized carbons (Fsp3) is 0.278. The van der Waals surface area contributed by atoms with Crippen LogP contribution >= 0.6 is 0 Å². The van der Waals surface area contributed by atoms with Crippen molar-refractivity contribution in [1.29, 1.82) is 0 Å². The SMILES string of the molecule is CCCNC(=O)CNC(=O)c1cccnc1Nc1ccccc1OC. The second kappa shape index (κ2) is 9.27. The van der Waals surface area contributed by atoms with Crippen LogP contribution in [0.4, 0.5) is 11.5 Å². The Hall–Kier alpha value is -3.09. The van der Waals surface area contributed by atoms with Gasteiger partial charge in [0.15, 0.2) is 0 Å². The number of hydrogen-bond donors (Lipinski definition) is 3. The molecular formula is C18H22N4O3. The molecule has 0 saturated carbocycles. The second-order valence-electron chi connectivity index (χ2n) is 5.26. The van der Waals surface area contributed by atoms with Gasteiger partial charge in [-0.05, 0) is 30.7 Å². The first-order chi connectivity index (χ1) is 12.2. The van der Waals surface area contributed by atoms with Gasteiger partial charge in [-0.1, -0.05) is 19.1 Å². The Labute approximate surface area is 146 Å². The molecule has 0 radical (unpaired) electrons. The van der Waals surface area contributed by atoms with Crippen molar-refractivity contribution in [1.82, 2.24) is 15.6 Å². The maximum absolute atomic E-state index is 12.4. The van der Waals surface area contributed by atoms with E-state index in [2.05, 4.69) is 20.9 Å². The van der Waals surface area contributed by atoms with E-state index in [1.807, 2.05) is 31.2 Å². The summed E-state index contributed by atoms with van der Waals surface area (Å²) in [4.78, 5) is 28.2. The number of carbonyl (C=O) groups excluding carboxylic acids is 2. The summed E-state index contributed by atoms with van der Waals surface area (Å²) in [6.07, 6.45) is 2.43. The molecule has 2 rings (SSSR count). The van der Waals surface area contributed by atoms with E-state index in [4.69, 9.17) is 4.74 Å². The van der Waals surface area contributed by atoms with Crippen molar-refractivity contribution >= 4 is 23.3 Å². The molecule has 25 heavy (non-hydrogen) atoms. The summed E-state index contributed by atoms with van der Waals surface area (Å²) >= 11 is 0. The van der Waals surface area contributed by atoms with Gasteiger partial charge in [0.25, 0.3) is 5.91 Å². The monoisotopic (exact) mass is 342 g/mol. The van der Waals surface area contributed by atoms with E-state index in [0.29, 0.717) is 29.4 Å².